The second-order valence-electron chi connectivity index (χ2n) is 7.35. The number of halogens is 3. The van der Waals surface area contributed by atoms with E-state index in [0.717, 1.165) is 17.7 Å². The van der Waals surface area contributed by atoms with Gasteiger partial charge >= 0.3 is 12.1 Å². The van der Waals surface area contributed by atoms with Gasteiger partial charge in [0.15, 0.2) is 6.10 Å². The Labute approximate surface area is 185 Å². The largest absolute Gasteiger partial charge is 0.449 e. The molecule has 0 saturated carbocycles. The number of nitrogens with one attached hydrogen (secondary N) is 1. The SMILES string of the molecule is Cc1ccc2nc(C)cc(C(=O)OC(C)C(=O)Nc3ccc([N+](=O)[O-])cc3C(F)(F)F)c2c1. The van der Waals surface area contributed by atoms with Crippen LogP contribution in [0.15, 0.2) is 42.5 Å². The number of aromatic nitrogens is 1. The molecular weight excluding hydrogens is 443 g/mol. The van der Waals surface area contributed by atoms with Gasteiger partial charge in [-0.3, -0.25) is 19.9 Å². The van der Waals surface area contributed by atoms with Gasteiger partial charge in [0.25, 0.3) is 11.6 Å². The molecule has 8 nitrogen and oxygen atoms in total. The zero-order valence-corrected chi connectivity index (χ0v) is 17.7. The number of non-ortho nitro benzene ring substituents is 1. The molecule has 172 valence electrons. The number of benzene rings is 2. The number of amides is 1. The number of carbonyl (C=O) groups is 2. The van der Waals surface area contributed by atoms with Crippen LogP contribution in [0.4, 0.5) is 24.5 Å². The Kier molecular flexibility index (Phi) is 6.34. The van der Waals surface area contributed by atoms with Crippen molar-refractivity contribution in [3.63, 3.8) is 0 Å². The number of alkyl halides is 3. The molecule has 1 unspecified atom stereocenters. The summed E-state index contributed by atoms with van der Waals surface area (Å²) in [5, 5.41) is 13.3. The molecule has 0 spiro atoms. The van der Waals surface area contributed by atoms with E-state index in [9.17, 15) is 32.9 Å². The summed E-state index contributed by atoms with van der Waals surface area (Å²) in [4.78, 5) is 39.4. The maximum Gasteiger partial charge on any atom is 0.418 e. The Hall–Kier alpha value is -4.02. The van der Waals surface area contributed by atoms with Gasteiger partial charge in [-0.25, -0.2) is 4.79 Å². The van der Waals surface area contributed by atoms with Gasteiger partial charge in [-0.15, -0.1) is 0 Å². The first-order valence-corrected chi connectivity index (χ1v) is 9.62. The first-order valence-electron chi connectivity index (χ1n) is 9.62. The van der Waals surface area contributed by atoms with Crippen molar-refractivity contribution in [1.82, 2.24) is 4.98 Å². The van der Waals surface area contributed by atoms with E-state index < -0.39 is 46.0 Å². The Morgan fingerprint density at radius 3 is 2.45 bits per heavy atom. The highest BCUT2D eigenvalue weighted by Crippen LogP contribution is 2.37. The number of ether oxygens (including phenoxy) is 1. The Balaban J connectivity index is 1.84. The van der Waals surface area contributed by atoms with Gasteiger partial charge in [0.05, 0.1) is 27.3 Å². The van der Waals surface area contributed by atoms with Crippen molar-refractivity contribution in [2.45, 2.75) is 33.1 Å². The van der Waals surface area contributed by atoms with Crippen molar-refractivity contribution >= 4 is 34.2 Å². The first kappa shape index (κ1) is 23.6. The third-order valence-corrected chi connectivity index (χ3v) is 4.74. The number of rotatable bonds is 5. The molecular formula is C22H18F3N3O5. The lowest BCUT2D eigenvalue weighted by atomic mass is 10.1. The summed E-state index contributed by atoms with van der Waals surface area (Å²) in [5.41, 5.74) is -0.758. The third kappa shape index (κ3) is 5.25. The zero-order valence-electron chi connectivity index (χ0n) is 17.7. The Morgan fingerprint density at radius 1 is 1.12 bits per heavy atom. The molecule has 0 aliphatic carbocycles. The molecule has 0 fully saturated rings. The van der Waals surface area contributed by atoms with Crippen molar-refractivity contribution in [1.29, 1.82) is 0 Å². The van der Waals surface area contributed by atoms with E-state index in [4.69, 9.17) is 4.74 Å². The summed E-state index contributed by atoms with van der Waals surface area (Å²) in [5.74, 6) is -1.88. The molecule has 11 heteroatoms. The van der Waals surface area contributed by atoms with Gasteiger partial charge in [0.2, 0.25) is 0 Å². The topological polar surface area (TPSA) is 111 Å². The van der Waals surface area contributed by atoms with Crippen LogP contribution in [0.25, 0.3) is 10.9 Å². The summed E-state index contributed by atoms with van der Waals surface area (Å²) in [6.07, 6.45) is -6.41. The quantitative estimate of drug-likeness (QED) is 0.327. The van der Waals surface area contributed by atoms with Crippen LogP contribution in [0.1, 0.15) is 34.1 Å². The van der Waals surface area contributed by atoms with Gasteiger partial charge in [-0.2, -0.15) is 13.2 Å². The van der Waals surface area contributed by atoms with E-state index in [1.165, 1.54) is 13.0 Å². The minimum atomic E-state index is -4.96. The van der Waals surface area contributed by atoms with E-state index in [1.807, 2.05) is 18.3 Å². The number of hydrogen-bond donors (Lipinski definition) is 1. The number of aryl methyl sites for hydroxylation is 2. The first-order chi connectivity index (χ1) is 15.4. The molecule has 1 atom stereocenters. The van der Waals surface area contributed by atoms with Crippen molar-refractivity contribution in [2.75, 3.05) is 5.32 Å². The summed E-state index contributed by atoms with van der Waals surface area (Å²) in [6.45, 7) is 4.71. The number of hydrogen-bond acceptors (Lipinski definition) is 6. The standard InChI is InChI=1S/C22H18F3N3O5/c1-11-4-6-18-15(8-11)16(9-12(2)26-18)21(30)33-13(3)20(29)27-19-7-5-14(28(31)32)10-17(19)22(23,24)25/h4-10,13H,1-3H3,(H,27,29). The summed E-state index contributed by atoms with van der Waals surface area (Å²) >= 11 is 0. The fraction of sp³-hybridized carbons (Fsp3) is 0.227. The van der Waals surface area contributed by atoms with Gasteiger partial charge in [-0.05, 0) is 45.0 Å². The van der Waals surface area contributed by atoms with Crippen LogP contribution in [-0.4, -0.2) is 27.9 Å². The summed E-state index contributed by atoms with van der Waals surface area (Å²) in [6, 6.07) is 8.70. The number of fused-ring (bicyclic) bond motifs is 1. The normalized spacial score (nSPS) is 12.3. The van der Waals surface area contributed by atoms with E-state index in [2.05, 4.69) is 4.98 Å². The molecule has 1 heterocycles. The van der Waals surface area contributed by atoms with Gasteiger partial charge in [0, 0.05) is 23.2 Å². The molecule has 1 amide bonds. The number of nitro benzene ring substituents is 1. The number of esters is 1. The summed E-state index contributed by atoms with van der Waals surface area (Å²) in [7, 11) is 0. The highest BCUT2D eigenvalue weighted by atomic mass is 19.4. The highest BCUT2D eigenvalue weighted by Gasteiger charge is 2.36. The Bertz CT molecular complexity index is 1270. The van der Waals surface area contributed by atoms with Crippen LogP contribution in [0.2, 0.25) is 0 Å². The zero-order chi connectivity index (χ0) is 24.5. The predicted octanol–water partition coefficient (Wildman–Crippen LogP) is 4.96. The fourth-order valence-corrected chi connectivity index (χ4v) is 3.14. The lowest BCUT2D eigenvalue weighted by Gasteiger charge is -2.17. The van der Waals surface area contributed by atoms with Crippen LogP contribution in [0.3, 0.4) is 0 Å². The number of nitro groups is 1. The van der Waals surface area contributed by atoms with Crippen molar-refractivity contribution in [2.24, 2.45) is 0 Å². The van der Waals surface area contributed by atoms with E-state index in [1.54, 1.807) is 19.1 Å². The van der Waals surface area contributed by atoms with Crippen molar-refractivity contribution in [3.05, 3.63) is 75.0 Å². The molecule has 2 aromatic carbocycles. The van der Waals surface area contributed by atoms with Crippen LogP contribution < -0.4 is 5.32 Å². The van der Waals surface area contributed by atoms with Crippen LogP contribution in [-0.2, 0) is 15.7 Å². The molecule has 1 aromatic heterocycles. The minimum Gasteiger partial charge on any atom is -0.449 e. The van der Waals surface area contributed by atoms with Gasteiger partial charge < -0.3 is 10.1 Å². The maximum atomic E-state index is 13.3. The predicted molar refractivity (Wildman–Crippen MR) is 113 cm³/mol. The van der Waals surface area contributed by atoms with Crippen molar-refractivity contribution in [3.8, 4) is 0 Å². The number of pyridine rings is 1. The average molecular weight is 461 g/mol. The molecule has 0 radical (unpaired) electrons. The molecule has 0 saturated heterocycles. The Morgan fingerprint density at radius 2 is 1.82 bits per heavy atom. The van der Waals surface area contributed by atoms with E-state index in [0.29, 0.717) is 22.7 Å². The molecule has 3 rings (SSSR count). The molecule has 0 aliphatic heterocycles. The molecule has 33 heavy (non-hydrogen) atoms. The molecule has 1 N–H and O–H groups in total. The van der Waals surface area contributed by atoms with Crippen molar-refractivity contribution < 1.29 is 32.4 Å². The lowest BCUT2D eigenvalue weighted by Crippen LogP contribution is -2.31. The molecule has 0 aliphatic rings. The van der Waals surface area contributed by atoms with Crippen LogP contribution >= 0.6 is 0 Å². The second kappa shape index (κ2) is 8.85. The van der Waals surface area contributed by atoms with Gasteiger partial charge in [0.1, 0.15) is 0 Å². The smallest absolute Gasteiger partial charge is 0.418 e. The number of anilines is 1. The van der Waals surface area contributed by atoms with E-state index in [-0.39, 0.29) is 5.56 Å². The second-order valence-corrected chi connectivity index (χ2v) is 7.35. The van der Waals surface area contributed by atoms with Crippen LogP contribution in [0, 0.1) is 24.0 Å². The minimum absolute atomic E-state index is 0.159. The molecule has 3 aromatic rings. The maximum absolute atomic E-state index is 13.3. The van der Waals surface area contributed by atoms with Gasteiger partial charge in [-0.1, -0.05) is 11.6 Å². The van der Waals surface area contributed by atoms with E-state index >= 15 is 0 Å². The molecule has 0 bridgehead atoms. The van der Waals surface area contributed by atoms with Crippen LogP contribution in [0.5, 0.6) is 0 Å². The lowest BCUT2D eigenvalue weighted by molar-refractivity contribution is -0.385. The monoisotopic (exact) mass is 461 g/mol. The number of carbonyl (C=O) groups excluding carboxylic acids is 2. The summed E-state index contributed by atoms with van der Waals surface area (Å²) < 4.78 is 45.2. The average Bonchev–Trinajstić information content (AvgIpc) is 2.72. The fourth-order valence-electron chi connectivity index (χ4n) is 3.14. The third-order valence-electron chi connectivity index (χ3n) is 4.74. The highest BCUT2D eigenvalue weighted by molar-refractivity contribution is 6.05. The number of nitrogens with zero attached hydrogens (tertiary/aromatic N) is 2.